The second-order valence-corrected chi connectivity index (χ2v) is 5.38. The molecule has 0 radical (unpaired) electrons. The molecule has 0 amide bonds. The molecule has 1 aromatic carbocycles. The number of hydrogen-bond donors (Lipinski definition) is 1. The van der Waals surface area contributed by atoms with Gasteiger partial charge in [0.05, 0.1) is 17.7 Å². The first kappa shape index (κ1) is 13.4. The third kappa shape index (κ3) is 2.53. The lowest BCUT2D eigenvalue weighted by Gasteiger charge is -1.94. The van der Waals surface area contributed by atoms with E-state index in [-0.39, 0.29) is 0 Å². The number of benzene rings is 1. The van der Waals surface area contributed by atoms with Crippen molar-refractivity contribution < 1.29 is 14.1 Å². The molecule has 0 spiro atoms. The lowest BCUT2D eigenvalue weighted by atomic mass is 10.1. The molecule has 6 heteroatoms. The second kappa shape index (κ2) is 5.41. The maximum atomic E-state index is 11.6. The van der Waals surface area contributed by atoms with Gasteiger partial charge in [0.1, 0.15) is 10.6 Å². The number of anilines is 1. The van der Waals surface area contributed by atoms with Crippen molar-refractivity contribution in [3.63, 3.8) is 0 Å². The maximum absolute atomic E-state index is 11.6. The van der Waals surface area contributed by atoms with Crippen molar-refractivity contribution in [3.8, 4) is 21.9 Å². The third-order valence-corrected chi connectivity index (χ3v) is 4.10. The van der Waals surface area contributed by atoms with Crippen LogP contribution in [0.25, 0.3) is 21.9 Å². The number of carbonyl (C=O) groups excluding carboxylic acids is 1. The average molecular weight is 300 g/mol. The molecule has 0 aliphatic carbocycles. The Morgan fingerprint density at radius 2 is 2.05 bits per heavy atom. The van der Waals surface area contributed by atoms with Crippen molar-refractivity contribution in [1.82, 2.24) is 5.16 Å². The molecule has 0 saturated heterocycles. The summed E-state index contributed by atoms with van der Waals surface area (Å²) in [6.45, 7) is 0. The molecule has 0 fully saturated rings. The number of thiophene rings is 1. The van der Waals surface area contributed by atoms with Gasteiger partial charge in [0.2, 0.25) is 0 Å². The van der Waals surface area contributed by atoms with Gasteiger partial charge in [-0.2, -0.15) is 0 Å². The minimum Gasteiger partial charge on any atom is -0.465 e. The van der Waals surface area contributed by atoms with Crippen molar-refractivity contribution in [3.05, 3.63) is 47.3 Å². The van der Waals surface area contributed by atoms with Crippen molar-refractivity contribution in [2.75, 3.05) is 12.8 Å². The monoisotopic (exact) mass is 300 g/mol. The van der Waals surface area contributed by atoms with Gasteiger partial charge in [-0.3, -0.25) is 0 Å². The van der Waals surface area contributed by atoms with Crippen molar-refractivity contribution in [1.29, 1.82) is 0 Å². The zero-order chi connectivity index (χ0) is 14.8. The highest BCUT2D eigenvalue weighted by atomic mass is 32.1. The summed E-state index contributed by atoms with van der Waals surface area (Å²) < 4.78 is 10.0. The van der Waals surface area contributed by atoms with Gasteiger partial charge in [-0.05, 0) is 6.07 Å². The number of rotatable bonds is 3. The van der Waals surface area contributed by atoms with Crippen LogP contribution in [0.4, 0.5) is 5.69 Å². The van der Waals surface area contributed by atoms with Crippen LogP contribution in [0.1, 0.15) is 9.67 Å². The summed E-state index contributed by atoms with van der Waals surface area (Å²) >= 11 is 1.22. The Morgan fingerprint density at radius 3 is 2.76 bits per heavy atom. The summed E-state index contributed by atoms with van der Waals surface area (Å²) in [4.78, 5) is 12.7. The van der Waals surface area contributed by atoms with E-state index >= 15 is 0 Å². The standard InChI is InChI=1S/C15H12N2O3S/c1-19-15(18)14-10(16)7-13(21-14)12-8-11(17-20-12)9-5-3-2-4-6-9/h2-8H,16H2,1H3. The lowest BCUT2D eigenvalue weighted by molar-refractivity contribution is 0.0607. The predicted molar refractivity (Wildman–Crippen MR) is 81.0 cm³/mol. The molecule has 3 rings (SSSR count). The number of carbonyl (C=O) groups is 1. The van der Waals surface area contributed by atoms with Crippen LogP contribution < -0.4 is 5.73 Å². The number of nitrogens with zero attached hydrogens (tertiary/aromatic N) is 1. The van der Waals surface area contributed by atoms with Gasteiger partial charge in [0.25, 0.3) is 0 Å². The molecule has 2 N–H and O–H groups in total. The van der Waals surface area contributed by atoms with Gasteiger partial charge in [-0.15, -0.1) is 11.3 Å². The molecule has 0 unspecified atom stereocenters. The van der Waals surface area contributed by atoms with Crippen molar-refractivity contribution in [2.24, 2.45) is 0 Å². The molecule has 2 aromatic heterocycles. The van der Waals surface area contributed by atoms with E-state index in [4.69, 9.17) is 10.3 Å². The molecular formula is C15H12N2O3S. The van der Waals surface area contributed by atoms with Crippen LogP contribution in [0, 0.1) is 0 Å². The van der Waals surface area contributed by atoms with Gasteiger partial charge in [0.15, 0.2) is 5.76 Å². The smallest absolute Gasteiger partial charge is 0.350 e. The maximum Gasteiger partial charge on any atom is 0.350 e. The van der Waals surface area contributed by atoms with E-state index < -0.39 is 5.97 Å². The summed E-state index contributed by atoms with van der Waals surface area (Å²) in [6.07, 6.45) is 0. The Hall–Kier alpha value is -2.60. The number of aromatic nitrogens is 1. The third-order valence-electron chi connectivity index (χ3n) is 2.95. The summed E-state index contributed by atoms with van der Waals surface area (Å²) in [5, 5.41) is 4.04. The largest absolute Gasteiger partial charge is 0.465 e. The Labute approximate surface area is 124 Å². The quantitative estimate of drug-likeness (QED) is 0.750. The Morgan fingerprint density at radius 1 is 1.29 bits per heavy atom. The summed E-state index contributed by atoms with van der Waals surface area (Å²) in [6, 6.07) is 13.2. The minimum atomic E-state index is -0.452. The fraction of sp³-hybridized carbons (Fsp3) is 0.0667. The van der Waals surface area contributed by atoms with Crippen LogP contribution >= 0.6 is 11.3 Å². The van der Waals surface area contributed by atoms with Crippen LogP contribution in [0.5, 0.6) is 0 Å². The molecule has 0 bridgehead atoms. The lowest BCUT2D eigenvalue weighted by Crippen LogP contribution is -2.00. The first-order chi connectivity index (χ1) is 10.2. The van der Waals surface area contributed by atoms with Gasteiger partial charge < -0.3 is 15.0 Å². The van der Waals surface area contributed by atoms with Gasteiger partial charge in [-0.1, -0.05) is 35.5 Å². The highest BCUT2D eigenvalue weighted by Gasteiger charge is 2.18. The molecule has 0 aliphatic heterocycles. The van der Waals surface area contributed by atoms with E-state index in [2.05, 4.69) is 9.89 Å². The first-order valence-electron chi connectivity index (χ1n) is 6.19. The van der Waals surface area contributed by atoms with E-state index in [1.165, 1.54) is 18.4 Å². The van der Waals surface area contributed by atoms with Crippen molar-refractivity contribution >= 4 is 23.0 Å². The summed E-state index contributed by atoms with van der Waals surface area (Å²) in [5.74, 6) is 0.118. The SMILES string of the molecule is COC(=O)c1sc(-c2cc(-c3ccccc3)no2)cc1N. The van der Waals surface area contributed by atoms with Crippen LogP contribution in [0.2, 0.25) is 0 Å². The highest BCUT2D eigenvalue weighted by Crippen LogP contribution is 2.35. The summed E-state index contributed by atoms with van der Waals surface area (Å²) in [5.41, 5.74) is 7.89. The average Bonchev–Trinajstić information content (AvgIpc) is 3.14. The Balaban J connectivity index is 1.96. The van der Waals surface area contributed by atoms with Gasteiger partial charge >= 0.3 is 5.97 Å². The fourth-order valence-corrected chi connectivity index (χ4v) is 2.86. The number of nitrogen functional groups attached to an aromatic ring is 1. The highest BCUT2D eigenvalue weighted by molar-refractivity contribution is 7.17. The zero-order valence-electron chi connectivity index (χ0n) is 11.2. The van der Waals surface area contributed by atoms with E-state index in [9.17, 15) is 4.79 Å². The fourth-order valence-electron chi connectivity index (χ4n) is 1.92. The molecule has 0 saturated carbocycles. The molecule has 106 valence electrons. The number of hydrogen-bond acceptors (Lipinski definition) is 6. The molecular weight excluding hydrogens is 288 g/mol. The molecule has 3 aromatic rings. The Kier molecular flexibility index (Phi) is 3.45. The Bertz CT molecular complexity index is 777. The second-order valence-electron chi connectivity index (χ2n) is 4.33. The molecule has 2 heterocycles. The van der Waals surface area contributed by atoms with Crippen LogP contribution in [0.15, 0.2) is 47.0 Å². The van der Waals surface area contributed by atoms with Crippen LogP contribution in [-0.4, -0.2) is 18.2 Å². The zero-order valence-corrected chi connectivity index (χ0v) is 12.0. The van der Waals surface area contributed by atoms with E-state index in [0.717, 1.165) is 16.1 Å². The summed E-state index contributed by atoms with van der Waals surface area (Å²) in [7, 11) is 1.32. The topological polar surface area (TPSA) is 78.3 Å². The number of ether oxygens (including phenoxy) is 1. The van der Waals surface area contributed by atoms with Gasteiger partial charge in [0, 0.05) is 11.6 Å². The number of esters is 1. The van der Waals surface area contributed by atoms with E-state index in [1.54, 1.807) is 6.07 Å². The number of nitrogens with two attached hydrogens (primary N) is 1. The first-order valence-corrected chi connectivity index (χ1v) is 7.01. The minimum absolute atomic E-state index is 0.366. The van der Waals surface area contributed by atoms with Gasteiger partial charge in [-0.25, -0.2) is 4.79 Å². The molecule has 5 nitrogen and oxygen atoms in total. The van der Waals surface area contributed by atoms with E-state index in [1.807, 2.05) is 36.4 Å². The number of methoxy groups -OCH3 is 1. The van der Waals surface area contributed by atoms with Crippen molar-refractivity contribution in [2.45, 2.75) is 0 Å². The van der Waals surface area contributed by atoms with Crippen LogP contribution in [0.3, 0.4) is 0 Å². The normalized spacial score (nSPS) is 10.5. The van der Waals surface area contributed by atoms with Crippen LogP contribution in [-0.2, 0) is 4.74 Å². The van der Waals surface area contributed by atoms with E-state index in [0.29, 0.717) is 16.3 Å². The molecule has 21 heavy (non-hydrogen) atoms. The molecule has 0 atom stereocenters. The predicted octanol–water partition coefficient (Wildman–Crippen LogP) is 3.44. The molecule has 0 aliphatic rings.